The van der Waals surface area contributed by atoms with Crippen molar-refractivity contribution in [3.05, 3.63) is 54.4 Å². The lowest BCUT2D eigenvalue weighted by Gasteiger charge is -2.00. The molecule has 0 spiro atoms. The van der Waals surface area contributed by atoms with Gasteiger partial charge in [0.15, 0.2) is 0 Å². The van der Waals surface area contributed by atoms with Gasteiger partial charge >= 0.3 is 0 Å². The molecule has 2 nitrogen and oxygen atoms in total. The predicted octanol–water partition coefficient (Wildman–Crippen LogP) is 3.27. The van der Waals surface area contributed by atoms with Gasteiger partial charge in [0.1, 0.15) is 0 Å². The Kier molecular flexibility index (Phi) is 2.98. The number of rotatable bonds is 2. The Morgan fingerprint density at radius 1 is 1.40 bits per heavy atom. The van der Waals surface area contributed by atoms with Gasteiger partial charge in [0, 0.05) is 6.20 Å². The Hall–Kier alpha value is -1.83. The highest BCUT2D eigenvalue weighted by Crippen LogP contribution is 2.11. The van der Waals surface area contributed by atoms with Crippen molar-refractivity contribution < 1.29 is 0 Å². The number of hydrogen-bond donors (Lipinski definition) is 0. The first-order valence-corrected chi connectivity index (χ1v) is 5.12. The van der Waals surface area contributed by atoms with Crippen molar-refractivity contribution in [2.45, 2.75) is 13.3 Å². The van der Waals surface area contributed by atoms with E-state index in [9.17, 15) is 0 Å². The zero-order valence-electron chi connectivity index (χ0n) is 8.80. The van der Waals surface area contributed by atoms with Crippen molar-refractivity contribution >= 4 is 11.8 Å². The smallest absolute Gasteiger partial charge is 0.0852 e. The Morgan fingerprint density at radius 3 is 3.20 bits per heavy atom. The summed E-state index contributed by atoms with van der Waals surface area (Å²) in [7, 11) is 0. The summed E-state index contributed by atoms with van der Waals surface area (Å²) in [6.45, 7) is 1.99. The lowest BCUT2D eigenvalue weighted by atomic mass is 10.3. The summed E-state index contributed by atoms with van der Waals surface area (Å²) in [6.07, 6.45) is 17.4. The molecule has 2 rings (SSSR count). The monoisotopic (exact) mass is 198 g/mol. The van der Waals surface area contributed by atoms with Crippen LogP contribution in [0, 0.1) is 0 Å². The fourth-order valence-corrected chi connectivity index (χ4v) is 1.48. The molecule has 0 atom stereocenters. The minimum absolute atomic E-state index is 0.959. The average Bonchev–Trinajstić information content (AvgIpc) is 2.53. The van der Waals surface area contributed by atoms with Gasteiger partial charge in [-0.05, 0) is 31.6 Å². The van der Waals surface area contributed by atoms with Crippen molar-refractivity contribution in [2.24, 2.45) is 0 Å². The van der Waals surface area contributed by atoms with Gasteiger partial charge in [0.25, 0.3) is 0 Å². The molecule has 0 radical (unpaired) electrons. The maximum Gasteiger partial charge on any atom is 0.0852 e. The molecule has 0 amide bonds. The third-order valence-corrected chi connectivity index (χ3v) is 2.19. The highest BCUT2D eigenvalue weighted by molar-refractivity contribution is 5.59. The maximum absolute atomic E-state index is 4.45. The molecule has 1 aliphatic rings. The zero-order valence-corrected chi connectivity index (χ0v) is 8.80. The topological polar surface area (TPSA) is 17.8 Å². The van der Waals surface area contributed by atoms with Gasteiger partial charge in [-0.15, -0.1) is 0 Å². The molecule has 76 valence electrons. The predicted molar refractivity (Wildman–Crippen MR) is 64.1 cm³/mol. The van der Waals surface area contributed by atoms with E-state index in [-0.39, 0.29) is 0 Å². The summed E-state index contributed by atoms with van der Waals surface area (Å²) in [5.74, 6) is 0. The molecule has 1 heterocycles. The third-order valence-electron chi connectivity index (χ3n) is 2.19. The van der Waals surface area contributed by atoms with Crippen LogP contribution in [0.25, 0.3) is 11.8 Å². The van der Waals surface area contributed by atoms with Crippen LogP contribution in [0.15, 0.2) is 48.7 Å². The Bertz CT molecular complexity index is 445. The van der Waals surface area contributed by atoms with Gasteiger partial charge in [0.05, 0.1) is 11.4 Å². The van der Waals surface area contributed by atoms with Crippen LogP contribution >= 0.6 is 0 Å². The summed E-state index contributed by atoms with van der Waals surface area (Å²) < 4.78 is 1.90. The van der Waals surface area contributed by atoms with Gasteiger partial charge in [-0.3, -0.25) is 0 Å². The Balaban J connectivity index is 2.25. The standard InChI is InChI=1S/C13H14N2/c1-2-7-12-10-11-15(14-12)13-8-5-3-4-6-9-13/h2-5,7-11H,6H2,1H3/b7-2+. The fourth-order valence-electron chi connectivity index (χ4n) is 1.48. The summed E-state index contributed by atoms with van der Waals surface area (Å²) in [6, 6.07) is 2.01. The van der Waals surface area contributed by atoms with E-state index in [1.54, 1.807) is 0 Å². The van der Waals surface area contributed by atoms with Gasteiger partial charge < -0.3 is 0 Å². The number of aromatic nitrogens is 2. The largest absolute Gasteiger partial charge is 0.241 e. The molecule has 0 bridgehead atoms. The van der Waals surface area contributed by atoms with Crippen molar-refractivity contribution in [2.75, 3.05) is 0 Å². The van der Waals surface area contributed by atoms with Crippen LogP contribution in [-0.4, -0.2) is 9.78 Å². The highest BCUT2D eigenvalue weighted by Gasteiger charge is 1.99. The van der Waals surface area contributed by atoms with Crippen LogP contribution in [0.2, 0.25) is 0 Å². The van der Waals surface area contributed by atoms with Crippen LogP contribution < -0.4 is 0 Å². The van der Waals surface area contributed by atoms with Gasteiger partial charge in [-0.1, -0.05) is 30.4 Å². The number of hydrogen-bond acceptors (Lipinski definition) is 1. The summed E-state index contributed by atoms with van der Waals surface area (Å²) >= 11 is 0. The molecule has 0 unspecified atom stereocenters. The van der Waals surface area contributed by atoms with Gasteiger partial charge in [-0.2, -0.15) is 5.10 Å². The summed E-state index contributed by atoms with van der Waals surface area (Å²) in [5, 5.41) is 4.45. The van der Waals surface area contributed by atoms with E-state index in [1.807, 2.05) is 42.1 Å². The van der Waals surface area contributed by atoms with E-state index in [4.69, 9.17) is 0 Å². The first kappa shape index (κ1) is 9.71. The lowest BCUT2D eigenvalue weighted by molar-refractivity contribution is 0.901. The molecular weight excluding hydrogens is 184 g/mol. The molecule has 0 saturated heterocycles. The minimum Gasteiger partial charge on any atom is -0.241 e. The molecule has 1 aromatic rings. The first-order valence-electron chi connectivity index (χ1n) is 5.12. The Labute approximate surface area is 89.9 Å². The van der Waals surface area contributed by atoms with E-state index in [0.717, 1.165) is 17.8 Å². The summed E-state index contributed by atoms with van der Waals surface area (Å²) in [4.78, 5) is 0. The molecule has 0 fully saturated rings. The lowest BCUT2D eigenvalue weighted by Crippen LogP contribution is -1.95. The molecule has 0 saturated carbocycles. The van der Waals surface area contributed by atoms with Gasteiger partial charge in [-0.25, -0.2) is 4.68 Å². The molecule has 15 heavy (non-hydrogen) atoms. The van der Waals surface area contributed by atoms with Crippen molar-refractivity contribution in [3.63, 3.8) is 0 Å². The highest BCUT2D eigenvalue weighted by atomic mass is 15.3. The zero-order chi connectivity index (χ0) is 10.5. The van der Waals surface area contributed by atoms with E-state index >= 15 is 0 Å². The van der Waals surface area contributed by atoms with Crippen LogP contribution in [0.4, 0.5) is 0 Å². The third kappa shape index (κ3) is 2.34. The van der Waals surface area contributed by atoms with Crippen LogP contribution in [-0.2, 0) is 0 Å². The average molecular weight is 198 g/mol. The second-order valence-corrected chi connectivity index (χ2v) is 3.34. The Morgan fingerprint density at radius 2 is 2.33 bits per heavy atom. The first-order chi connectivity index (χ1) is 7.40. The molecule has 0 N–H and O–H groups in total. The molecular formula is C13H14N2. The molecule has 1 aromatic heterocycles. The normalized spacial score (nSPS) is 15.7. The molecule has 1 aliphatic carbocycles. The van der Waals surface area contributed by atoms with Crippen LogP contribution in [0.5, 0.6) is 0 Å². The molecule has 0 aliphatic heterocycles. The van der Waals surface area contributed by atoms with E-state index in [0.29, 0.717) is 0 Å². The fraction of sp³-hybridized carbons (Fsp3) is 0.154. The second-order valence-electron chi connectivity index (χ2n) is 3.34. The molecule has 2 heteroatoms. The number of allylic oxidation sites excluding steroid dienone is 7. The molecule has 0 aromatic carbocycles. The maximum atomic E-state index is 4.45. The van der Waals surface area contributed by atoms with E-state index < -0.39 is 0 Å². The van der Waals surface area contributed by atoms with E-state index in [2.05, 4.69) is 29.4 Å². The van der Waals surface area contributed by atoms with Crippen LogP contribution in [0.3, 0.4) is 0 Å². The van der Waals surface area contributed by atoms with Crippen molar-refractivity contribution in [1.29, 1.82) is 0 Å². The number of nitrogens with zero attached hydrogens (tertiary/aromatic N) is 2. The summed E-state index contributed by atoms with van der Waals surface area (Å²) in [5.41, 5.74) is 2.11. The quantitative estimate of drug-likeness (QED) is 0.713. The minimum atomic E-state index is 0.959. The SMILES string of the molecule is C/C=C/c1ccn(C2=CCC=CC=C2)n1. The van der Waals surface area contributed by atoms with Crippen LogP contribution in [0.1, 0.15) is 19.0 Å². The van der Waals surface area contributed by atoms with Crippen molar-refractivity contribution in [1.82, 2.24) is 9.78 Å². The van der Waals surface area contributed by atoms with Gasteiger partial charge in [0.2, 0.25) is 0 Å². The van der Waals surface area contributed by atoms with E-state index in [1.165, 1.54) is 0 Å². The second kappa shape index (κ2) is 4.60. The van der Waals surface area contributed by atoms with Crippen molar-refractivity contribution in [3.8, 4) is 0 Å².